The van der Waals surface area contributed by atoms with Gasteiger partial charge in [-0.05, 0) is 89.6 Å². The van der Waals surface area contributed by atoms with Crippen molar-refractivity contribution in [1.29, 1.82) is 0 Å². The van der Waals surface area contributed by atoms with Gasteiger partial charge in [0.15, 0.2) is 5.82 Å². The van der Waals surface area contributed by atoms with Crippen molar-refractivity contribution in [2.75, 3.05) is 50.2 Å². The van der Waals surface area contributed by atoms with Crippen LogP contribution in [0.2, 0.25) is 0 Å². The number of hydrogen-bond acceptors (Lipinski definition) is 9. The van der Waals surface area contributed by atoms with Gasteiger partial charge in [-0.3, -0.25) is 34.8 Å². The lowest BCUT2D eigenvalue weighted by Gasteiger charge is -2.36. The number of carbonyl (C=O) groups is 2. The van der Waals surface area contributed by atoms with Gasteiger partial charge in [0.1, 0.15) is 17.1 Å². The summed E-state index contributed by atoms with van der Waals surface area (Å²) in [4.78, 5) is 46.6. The number of amides is 3. The van der Waals surface area contributed by atoms with E-state index in [0.717, 1.165) is 60.8 Å². The van der Waals surface area contributed by atoms with Crippen LogP contribution in [0, 0.1) is 5.92 Å². The second kappa shape index (κ2) is 15.9. The lowest BCUT2D eigenvalue weighted by molar-refractivity contribution is -0.136. The van der Waals surface area contributed by atoms with Crippen LogP contribution in [0.3, 0.4) is 0 Å². The number of pyridine rings is 2. The van der Waals surface area contributed by atoms with Gasteiger partial charge in [0, 0.05) is 82.3 Å². The van der Waals surface area contributed by atoms with Crippen LogP contribution in [-0.4, -0.2) is 77.0 Å². The van der Waals surface area contributed by atoms with E-state index in [0.29, 0.717) is 42.4 Å². The number of carbonyl (C=O) groups excluding carboxylic acids is 2. The lowest BCUT2D eigenvalue weighted by Crippen LogP contribution is -2.49. The van der Waals surface area contributed by atoms with Crippen molar-refractivity contribution in [2.24, 2.45) is 13.0 Å². The van der Waals surface area contributed by atoms with Gasteiger partial charge in [0.2, 0.25) is 5.91 Å². The zero-order valence-electron chi connectivity index (χ0n) is 34.1. The molecule has 3 aromatic carbocycles. The van der Waals surface area contributed by atoms with Crippen LogP contribution < -0.4 is 30.1 Å². The molecule has 0 saturated carbocycles. The predicted octanol–water partition coefficient (Wildman–Crippen LogP) is 6.98. The second-order valence-electron chi connectivity index (χ2n) is 16.1. The number of aromatic nitrogens is 4. The SMILES string of the molecule is COc1cc(-c2cn(C)c(=O)c3cnccc23)cc(OC)c1CN1CCc2c(CC3CCN(c4ccc5c(N6CCC(=O)NC6=O)n[nH]c5c4C(F)(F)F)CC3)cccc2C1. The highest BCUT2D eigenvalue weighted by Crippen LogP contribution is 2.44. The highest BCUT2D eigenvalue weighted by atomic mass is 19.4. The summed E-state index contributed by atoms with van der Waals surface area (Å²) in [5, 5.41) is 10.4. The molecule has 2 saturated heterocycles. The molecule has 2 N–H and O–H groups in total. The molecule has 3 aliphatic heterocycles. The third-order valence-electron chi connectivity index (χ3n) is 12.5. The number of urea groups is 1. The third-order valence-corrected chi connectivity index (χ3v) is 12.5. The Hall–Kier alpha value is -6.42. The molecule has 3 aromatic heterocycles. The van der Waals surface area contributed by atoms with Gasteiger partial charge >= 0.3 is 12.2 Å². The molecule has 3 aliphatic rings. The van der Waals surface area contributed by atoms with Crippen molar-refractivity contribution < 1.29 is 32.2 Å². The number of imide groups is 1. The number of alkyl halides is 3. The first-order chi connectivity index (χ1) is 29.4. The summed E-state index contributed by atoms with van der Waals surface area (Å²) in [6.45, 7) is 3.14. The first kappa shape index (κ1) is 40.0. The predicted molar refractivity (Wildman–Crippen MR) is 225 cm³/mol. The maximum atomic E-state index is 14.8. The number of aryl methyl sites for hydroxylation is 1. The summed E-state index contributed by atoms with van der Waals surface area (Å²) in [5.41, 5.74) is 5.55. The Bertz CT molecular complexity index is 2730. The summed E-state index contributed by atoms with van der Waals surface area (Å²) < 4.78 is 57.8. The van der Waals surface area contributed by atoms with E-state index in [4.69, 9.17) is 9.47 Å². The first-order valence-electron chi connectivity index (χ1n) is 20.4. The number of aromatic amines is 1. The molecule has 316 valence electrons. The van der Waals surface area contributed by atoms with Crippen LogP contribution in [0.5, 0.6) is 11.5 Å². The molecule has 0 atom stereocenters. The normalized spacial score (nSPS) is 16.6. The van der Waals surface area contributed by atoms with Crippen molar-refractivity contribution in [3.63, 3.8) is 0 Å². The number of anilines is 2. The minimum Gasteiger partial charge on any atom is -0.496 e. The van der Waals surface area contributed by atoms with E-state index in [-0.39, 0.29) is 40.9 Å². The molecule has 2 fully saturated rings. The number of fused-ring (bicyclic) bond motifs is 3. The van der Waals surface area contributed by atoms with Gasteiger partial charge in [0.25, 0.3) is 5.56 Å². The molecular weight excluding hydrogens is 790 g/mol. The molecule has 6 aromatic rings. The molecule has 61 heavy (non-hydrogen) atoms. The maximum absolute atomic E-state index is 14.8. The van der Waals surface area contributed by atoms with Gasteiger partial charge in [0.05, 0.1) is 36.4 Å². The van der Waals surface area contributed by atoms with E-state index in [2.05, 4.69) is 43.6 Å². The van der Waals surface area contributed by atoms with Crippen LogP contribution in [0.1, 0.15) is 47.1 Å². The lowest BCUT2D eigenvalue weighted by atomic mass is 9.85. The van der Waals surface area contributed by atoms with Crippen molar-refractivity contribution in [2.45, 2.75) is 51.4 Å². The highest BCUT2D eigenvalue weighted by molar-refractivity contribution is 6.09. The van der Waals surface area contributed by atoms with E-state index >= 15 is 0 Å². The van der Waals surface area contributed by atoms with E-state index in [9.17, 15) is 27.6 Å². The molecule has 0 unspecified atom stereocenters. The fourth-order valence-electron chi connectivity index (χ4n) is 9.41. The zero-order valence-corrected chi connectivity index (χ0v) is 34.1. The minimum atomic E-state index is -4.68. The number of halogens is 3. The molecule has 0 bridgehead atoms. The van der Waals surface area contributed by atoms with E-state index in [1.54, 1.807) is 49.2 Å². The van der Waals surface area contributed by atoms with Gasteiger partial charge in [-0.2, -0.15) is 18.3 Å². The van der Waals surface area contributed by atoms with Crippen molar-refractivity contribution >= 4 is 45.1 Å². The largest absolute Gasteiger partial charge is 0.496 e. The number of hydrogen-bond donors (Lipinski definition) is 2. The average molecular weight is 835 g/mol. The van der Waals surface area contributed by atoms with E-state index < -0.39 is 23.7 Å². The number of nitrogens with zero attached hydrogens (tertiary/aromatic N) is 6. The number of H-pyrrole nitrogens is 1. The highest BCUT2D eigenvalue weighted by Gasteiger charge is 2.40. The van der Waals surface area contributed by atoms with Crippen LogP contribution in [0.15, 0.2) is 71.9 Å². The molecule has 0 aliphatic carbocycles. The standard InChI is InChI=1S/C45H45F3N8O5/c1-53-24-34(31-9-14-49-22-33(31)43(53)58)29-20-37(60-2)35(38(21-29)61-3)25-54-15-12-30-27(5-4-6-28(30)23-54)19-26-10-16-55(17-11-26)36-8-7-32-41(40(36)45(46,47)48)51-52-42(32)56-18-13-39(57)50-44(56)59/h4-9,14,20-22,24,26H,10-13,15-19,23,25H2,1-3H3,(H,51,52)(H,50,57,59). The van der Waals surface area contributed by atoms with Crippen LogP contribution in [0.25, 0.3) is 32.8 Å². The summed E-state index contributed by atoms with van der Waals surface area (Å²) in [6.07, 6.45) is 3.65. The molecule has 9 rings (SSSR count). The number of benzene rings is 3. The van der Waals surface area contributed by atoms with Gasteiger partial charge in [-0.25, -0.2) is 4.79 Å². The Labute approximate surface area is 349 Å². The Morgan fingerprint density at radius 2 is 1.67 bits per heavy atom. The third kappa shape index (κ3) is 7.42. The molecule has 0 radical (unpaired) electrons. The molecule has 3 amide bonds. The monoisotopic (exact) mass is 834 g/mol. The first-order valence-corrected chi connectivity index (χ1v) is 20.4. The quantitative estimate of drug-likeness (QED) is 0.158. The average Bonchev–Trinajstić information content (AvgIpc) is 3.68. The summed E-state index contributed by atoms with van der Waals surface area (Å²) in [6, 6.07) is 14.6. The number of ether oxygens (including phenoxy) is 2. The Balaban J connectivity index is 0.891. The van der Waals surface area contributed by atoms with Gasteiger partial charge in [-0.1, -0.05) is 18.2 Å². The fourth-order valence-corrected chi connectivity index (χ4v) is 9.41. The van der Waals surface area contributed by atoms with Gasteiger partial charge in [-0.15, -0.1) is 0 Å². The molecule has 16 heteroatoms. The molecule has 13 nitrogen and oxygen atoms in total. The Kier molecular flexibility index (Phi) is 10.4. The number of methoxy groups -OCH3 is 2. The topological polar surface area (TPSA) is 138 Å². The summed E-state index contributed by atoms with van der Waals surface area (Å²) in [5.74, 6) is 1.32. The fraction of sp³-hybridized carbons (Fsp3) is 0.356. The summed E-state index contributed by atoms with van der Waals surface area (Å²) in [7, 11) is 5.03. The number of rotatable bonds is 9. The smallest absolute Gasteiger partial charge is 0.420 e. The van der Waals surface area contributed by atoms with Crippen LogP contribution >= 0.6 is 0 Å². The molecule has 6 heterocycles. The van der Waals surface area contributed by atoms with Crippen molar-refractivity contribution in [3.05, 3.63) is 105 Å². The van der Waals surface area contributed by atoms with Crippen molar-refractivity contribution in [1.82, 2.24) is 30.0 Å². The molecule has 0 spiro atoms. The minimum absolute atomic E-state index is 0.0292. The Morgan fingerprint density at radius 1 is 0.902 bits per heavy atom. The van der Waals surface area contributed by atoms with Gasteiger partial charge < -0.3 is 18.9 Å². The van der Waals surface area contributed by atoms with E-state index in [1.165, 1.54) is 27.7 Å². The molecular formula is C45H45F3N8O5. The van der Waals surface area contributed by atoms with E-state index in [1.807, 2.05) is 24.4 Å². The van der Waals surface area contributed by atoms with Crippen molar-refractivity contribution in [3.8, 4) is 22.6 Å². The van der Waals surface area contributed by atoms with Crippen LogP contribution in [0.4, 0.5) is 29.5 Å². The zero-order chi connectivity index (χ0) is 42.6. The maximum Gasteiger partial charge on any atom is 0.420 e. The number of piperidine rings is 1. The van der Waals surface area contributed by atoms with Crippen LogP contribution in [-0.2, 0) is 43.9 Å². The number of nitrogens with one attached hydrogen (secondary N) is 2. The summed E-state index contributed by atoms with van der Waals surface area (Å²) >= 11 is 0. The second-order valence-corrected chi connectivity index (χ2v) is 16.1. The Morgan fingerprint density at radius 3 is 2.39 bits per heavy atom.